The van der Waals surface area contributed by atoms with Crippen LogP contribution in [0.15, 0.2) is 18.7 Å². The molecule has 0 bridgehead atoms. The van der Waals surface area contributed by atoms with E-state index in [4.69, 9.17) is 14.6 Å². The Bertz CT molecular complexity index is 392. The average molecular weight is 358 g/mol. The van der Waals surface area contributed by atoms with Crippen LogP contribution in [0.1, 0.15) is 6.42 Å². The summed E-state index contributed by atoms with van der Waals surface area (Å²) >= 11 is 0. The summed E-state index contributed by atoms with van der Waals surface area (Å²) in [5.74, 6) is 0. The molecule has 25 heavy (non-hydrogen) atoms. The normalized spacial score (nSPS) is 11.7. The number of nitrogens with zero attached hydrogens (tertiary/aromatic N) is 4. The summed E-state index contributed by atoms with van der Waals surface area (Å²) in [6, 6.07) is 0. The lowest BCUT2D eigenvalue weighted by molar-refractivity contribution is 0.0642. The number of hydrogen-bond acceptors (Lipinski definition) is 7. The van der Waals surface area contributed by atoms with Gasteiger partial charge in [0.2, 0.25) is 0 Å². The molecule has 1 aromatic rings. The molecule has 1 aromatic heterocycles. The summed E-state index contributed by atoms with van der Waals surface area (Å²) in [5, 5.41) is 18.3. The average Bonchev–Trinajstić information content (AvgIpc) is 3.12. The molecule has 146 valence electrons. The molecule has 0 saturated carbocycles. The lowest BCUT2D eigenvalue weighted by atomic mass is 10.3. The van der Waals surface area contributed by atoms with E-state index in [0.29, 0.717) is 32.9 Å². The van der Waals surface area contributed by atoms with Crippen LogP contribution in [0.25, 0.3) is 0 Å². The third-order valence-corrected chi connectivity index (χ3v) is 4.00. The van der Waals surface area contributed by atoms with Crippen LogP contribution in [0.2, 0.25) is 0 Å². The van der Waals surface area contributed by atoms with E-state index in [1.807, 2.05) is 12.5 Å². The van der Waals surface area contributed by atoms with E-state index in [9.17, 15) is 5.11 Å². The SMILES string of the molecule is COCCN(CCO)CCOCCN(CCO)CCCn1ccnc1. The van der Waals surface area contributed by atoms with Crippen LogP contribution in [-0.4, -0.2) is 109 Å². The fraction of sp³-hybridized carbons (Fsp3) is 0.824. The molecule has 0 aliphatic carbocycles. The number of ether oxygens (including phenoxy) is 2. The molecule has 1 heterocycles. The Morgan fingerprint density at radius 1 is 0.920 bits per heavy atom. The Morgan fingerprint density at radius 3 is 2.12 bits per heavy atom. The molecule has 0 atom stereocenters. The minimum atomic E-state index is 0.144. The second kappa shape index (κ2) is 15.2. The van der Waals surface area contributed by atoms with Gasteiger partial charge in [0.05, 0.1) is 39.4 Å². The van der Waals surface area contributed by atoms with Crippen molar-refractivity contribution in [1.29, 1.82) is 0 Å². The van der Waals surface area contributed by atoms with Crippen LogP contribution >= 0.6 is 0 Å². The summed E-state index contributed by atoms with van der Waals surface area (Å²) < 4.78 is 12.8. The van der Waals surface area contributed by atoms with E-state index in [0.717, 1.165) is 39.1 Å². The topological polar surface area (TPSA) is 83.2 Å². The maximum atomic E-state index is 9.20. The van der Waals surface area contributed by atoms with Crippen molar-refractivity contribution in [1.82, 2.24) is 19.4 Å². The van der Waals surface area contributed by atoms with Crippen LogP contribution in [-0.2, 0) is 16.0 Å². The first-order valence-electron chi connectivity index (χ1n) is 8.99. The highest BCUT2D eigenvalue weighted by Gasteiger charge is 2.06. The number of imidazole rings is 1. The largest absolute Gasteiger partial charge is 0.395 e. The number of aryl methyl sites for hydroxylation is 1. The smallest absolute Gasteiger partial charge is 0.0945 e. The Labute approximate surface area is 151 Å². The Balaban J connectivity index is 2.12. The molecule has 8 heteroatoms. The van der Waals surface area contributed by atoms with Gasteiger partial charge in [-0.05, 0) is 6.42 Å². The Morgan fingerprint density at radius 2 is 1.56 bits per heavy atom. The number of methoxy groups -OCH3 is 1. The number of hydrogen-bond donors (Lipinski definition) is 2. The van der Waals surface area contributed by atoms with E-state index in [1.165, 1.54) is 0 Å². The standard InChI is InChI=1S/C17H34N4O4/c1-24-14-9-20(8-13-23)11-16-25-15-10-19(7-12-22)4-2-5-21-6-3-18-17-21/h3,6,17,22-23H,2,4-5,7-16H2,1H3. The highest BCUT2D eigenvalue weighted by atomic mass is 16.5. The Hall–Kier alpha value is -1.03. The molecule has 0 amide bonds. The molecule has 0 unspecified atom stereocenters. The molecule has 0 aliphatic heterocycles. The number of aliphatic hydroxyl groups is 2. The van der Waals surface area contributed by atoms with Crippen molar-refractivity contribution in [3.63, 3.8) is 0 Å². The van der Waals surface area contributed by atoms with Crippen LogP contribution in [0, 0.1) is 0 Å². The molecule has 8 nitrogen and oxygen atoms in total. The van der Waals surface area contributed by atoms with E-state index >= 15 is 0 Å². The highest BCUT2D eigenvalue weighted by molar-refractivity contribution is 4.74. The fourth-order valence-electron chi connectivity index (χ4n) is 2.56. The fourth-order valence-corrected chi connectivity index (χ4v) is 2.56. The van der Waals surface area contributed by atoms with E-state index in [1.54, 1.807) is 13.3 Å². The van der Waals surface area contributed by atoms with E-state index in [-0.39, 0.29) is 13.2 Å². The maximum absolute atomic E-state index is 9.20. The van der Waals surface area contributed by atoms with Gasteiger partial charge < -0.3 is 24.3 Å². The van der Waals surface area contributed by atoms with Gasteiger partial charge in [-0.2, -0.15) is 0 Å². The van der Waals surface area contributed by atoms with Gasteiger partial charge in [0.1, 0.15) is 0 Å². The van der Waals surface area contributed by atoms with Gasteiger partial charge >= 0.3 is 0 Å². The van der Waals surface area contributed by atoms with Crippen molar-refractivity contribution >= 4 is 0 Å². The van der Waals surface area contributed by atoms with Gasteiger partial charge in [0, 0.05) is 65.3 Å². The number of rotatable bonds is 17. The van der Waals surface area contributed by atoms with Gasteiger partial charge in [0.25, 0.3) is 0 Å². The lowest BCUT2D eigenvalue weighted by Crippen LogP contribution is -2.35. The molecule has 0 saturated heterocycles. The zero-order valence-corrected chi connectivity index (χ0v) is 15.4. The summed E-state index contributed by atoms with van der Waals surface area (Å²) in [6.45, 7) is 7.77. The molecular weight excluding hydrogens is 324 g/mol. The van der Waals surface area contributed by atoms with Crippen LogP contribution in [0.5, 0.6) is 0 Å². The third-order valence-electron chi connectivity index (χ3n) is 4.00. The zero-order valence-electron chi connectivity index (χ0n) is 15.4. The monoisotopic (exact) mass is 358 g/mol. The second-order valence-electron chi connectivity index (χ2n) is 5.89. The lowest BCUT2D eigenvalue weighted by Gasteiger charge is -2.23. The molecule has 0 radical (unpaired) electrons. The third kappa shape index (κ3) is 11.2. The first-order valence-corrected chi connectivity index (χ1v) is 8.99. The van der Waals surface area contributed by atoms with Gasteiger partial charge in [-0.25, -0.2) is 4.98 Å². The number of aliphatic hydroxyl groups excluding tert-OH is 2. The van der Waals surface area contributed by atoms with Gasteiger partial charge in [0.15, 0.2) is 0 Å². The molecule has 0 aliphatic rings. The van der Waals surface area contributed by atoms with Crippen molar-refractivity contribution in [3.8, 4) is 0 Å². The first kappa shape index (κ1) is 22.0. The van der Waals surface area contributed by atoms with E-state index < -0.39 is 0 Å². The van der Waals surface area contributed by atoms with Crippen LogP contribution in [0.3, 0.4) is 0 Å². The second-order valence-corrected chi connectivity index (χ2v) is 5.89. The Kier molecular flexibility index (Phi) is 13.4. The van der Waals surface area contributed by atoms with Gasteiger partial charge in [-0.15, -0.1) is 0 Å². The zero-order chi connectivity index (χ0) is 18.2. The predicted octanol–water partition coefficient (Wildman–Crippen LogP) is -0.475. The predicted molar refractivity (Wildman–Crippen MR) is 96.6 cm³/mol. The minimum absolute atomic E-state index is 0.144. The summed E-state index contributed by atoms with van der Waals surface area (Å²) in [6.07, 6.45) is 6.58. The summed E-state index contributed by atoms with van der Waals surface area (Å²) in [4.78, 5) is 8.37. The van der Waals surface area contributed by atoms with Crippen molar-refractivity contribution < 1.29 is 19.7 Å². The van der Waals surface area contributed by atoms with Gasteiger partial charge in [-0.1, -0.05) is 0 Å². The summed E-state index contributed by atoms with van der Waals surface area (Å²) in [7, 11) is 1.68. The molecular formula is C17H34N4O4. The van der Waals surface area contributed by atoms with Crippen molar-refractivity contribution in [2.24, 2.45) is 0 Å². The minimum Gasteiger partial charge on any atom is -0.395 e. The summed E-state index contributed by atoms with van der Waals surface area (Å²) in [5.41, 5.74) is 0. The number of aromatic nitrogens is 2. The highest BCUT2D eigenvalue weighted by Crippen LogP contribution is 1.96. The molecule has 2 N–H and O–H groups in total. The van der Waals surface area contributed by atoms with Crippen molar-refractivity contribution in [3.05, 3.63) is 18.7 Å². The maximum Gasteiger partial charge on any atom is 0.0945 e. The van der Waals surface area contributed by atoms with Gasteiger partial charge in [-0.3, -0.25) is 9.80 Å². The quantitative estimate of drug-likeness (QED) is 0.364. The molecule has 0 aromatic carbocycles. The van der Waals surface area contributed by atoms with Crippen LogP contribution in [0.4, 0.5) is 0 Å². The first-order chi connectivity index (χ1) is 12.3. The molecule has 1 rings (SSSR count). The molecule has 0 fully saturated rings. The van der Waals surface area contributed by atoms with Crippen molar-refractivity contribution in [2.75, 3.05) is 79.4 Å². The molecule has 0 spiro atoms. The van der Waals surface area contributed by atoms with E-state index in [2.05, 4.69) is 19.4 Å². The van der Waals surface area contributed by atoms with Crippen LogP contribution < -0.4 is 0 Å². The van der Waals surface area contributed by atoms with Crippen molar-refractivity contribution in [2.45, 2.75) is 13.0 Å².